The fourth-order valence-corrected chi connectivity index (χ4v) is 4.56. The summed E-state index contributed by atoms with van der Waals surface area (Å²) >= 11 is 0. The normalized spacial score (nSPS) is 18.4. The number of alkyl halides is 2. The largest absolute Gasteiger partial charge is 0.403 e. The number of nitrogen functional groups attached to an aromatic ring is 1. The third-order valence-corrected chi connectivity index (χ3v) is 5.94. The van der Waals surface area contributed by atoms with Gasteiger partial charge < -0.3 is 26.6 Å². The lowest BCUT2D eigenvalue weighted by molar-refractivity contribution is -0.00238. The fraction of sp³-hybridized carbons (Fsp3) is 0.364. The fourth-order valence-electron chi connectivity index (χ4n) is 4.56. The van der Waals surface area contributed by atoms with E-state index in [2.05, 4.69) is 22.2 Å². The molecule has 8 heteroatoms. The molecule has 0 unspecified atom stereocenters. The Bertz CT molecular complexity index is 961. The minimum atomic E-state index is -2.86. The van der Waals surface area contributed by atoms with E-state index in [0.717, 1.165) is 37.9 Å². The van der Waals surface area contributed by atoms with Gasteiger partial charge in [-0.05, 0) is 25.2 Å². The second-order valence-corrected chi connectivity index (χ2v) is 8.35. The molecular weight excluding hydrogens is 391 g/mol. The van der Waals surface area contributed by atoms with E-state index in [1.165, 1.54) is 18.3 Å². The van der Waals surface area contributed by atoms with Crippen molar-refractivity contribution >= 4 is 17.1 Å². The summed E-state index contributed by atoms with van der Waals surface area (Å²) < 4.78 is 40.2. The summed E-state index contributed by atoms with van der Waals surface area (Å²) in [4.78, 5) is 4.61. The molecule has 0 bridgehead atoms. The molecule has 1 spiro atoms. The molecule has 160 valence electrons. The lowest BCUT2D eigenvalue weighted by Crippen LogP contribution is -2.71. The van der Waals surface area contributed by atoms with Crippen LogP contribution in [0, 0.1) is 11.2 Å². The number of halogens is 3. The van der Waals surface area contributed by atoms with Crippen molar-refractivity contribution < 1.29 is 13.2 Å². The van der Waals surface area contributed by atoms with Gasteiger partial charge in [0.2, 0.25) is 0 Å². The van der Waals surface area contributed by atoms with Crippen LogP contribution < -0.4 is 21.7 Å². The molecule has 2 heterocycles. The molecule has 0 amide bonds. The summed E-state index contributed by atoms with van der Waals surface area (Å²) in [6, 6.07) is 9.74. The average Bonchev–Trinajstić information content (AvgIpc) is 2.66. The molecule has 4 rings (SSSR count). The number of nitrogens with zero attached hydrogens (tertiary/aromatic N) is 2. The lowest BCUT2D eigenvalue weighted by atomic mass is 9.73. The summed E-state index contributed by atoms with van der Waals surface area (Å²) in [7, 11) is 2.12. The Morgan fingerprint density at radius 3 is 2.57 bits per heavy atom. The van der Waals surface area contributed by atoms with Crippen molar-refractivity contribution in [3.05, 3.63) is 65.1 Å². The third-order valence-electron chi connectivity index (χ3n) is 5.94. The Kier molecular flexibility index (Phi) is 5.27. The third kappa shape index (κ3) is 3.67. The summed E-state index contributed by atoms with van der Waals surface area (Å²) in [5.41, 5.74) is 14.7. The maximum absolute atomic E-state index is 14.3. The first-order valence-corrected chi connectivity index (χ1v) is 9.86. The molecule has 2 aromatic rings. The minimum absolute atomic E-state index is 0.0122. The Labute approximate surface area is 174 Å². The molecule has 0 aromatic heterocycles. The van der Waals surface area contributed by atoms with Gasteiger partial charge in [-0.25, -0.2) is 13.2 Å². The van der Waals surface area contributed by atoms with Crippen molar-refractivity contribution in [1.29, 1.82) is 0 Å². The van der Waals surface area contributed by atoms with Gasteiger partial charge >= 0.3 is 0 Å². The SMILES string of the molecule is CN1CC2(C1)CN(c1ccc(N)c(/C(=C\N)NCc3cccc(C(F)F)c3F)c1)C2. The van der Waals surface area contributed by atoms with Crippen LogP contribution in [-0.2, 0) is 6.54 Å². The Morgan fingerprint density at radius 1 is 1.20 bits per heavy atom. The molecule has 0 radical (unpaired) electrons. The average molecular weight is 417 g/mol. The van der Waals surface area contributed by atoms with Crippen molar-refractivity contribution in [2.45, 2.75) is 13.0 Å². The molecule has 2 fully saturated rings. The summed E-state index contributed by atoms with van der Waals surface area (Å²) in [6.07, 6.45) is -1.50. The van der Waals surface area contributed by atoms with Gasteiger partial charge in [-0.2, -0.15) is 0 Å². The van der Waals surface area contributed by atoms with Crippen LogP contribution in [0.3, 0.4) is 0 Å². The van der Waals surface area contributed by atoms with Crippen LogP contribution >= 0.6 is 0 Å². The second kappa shape index (κ2) is 7.75. The number of likely N-dealkylation sites (tertiary alicyclic amines) is 1. The van der Waals surface area contributed by atoms with Crippen LogP contribution in [0.25, 0.3) is 5.70 Å². The van der Waals surface area contributed by atoms with Crippen molar-refractivity contribution in [3.8, 4) is 0 Å². The molecule has 0 saturated carbocycles. The summed E-state index contributed by atoms with van der Waals surface area (Å²) in [6.45, 7) is 4.25. The number of rotatable bonds is 6. The van der Waals surface area contributed by atoms with Crippen LogP contribution in [0.1, 0.15) is 23.1 Å². The molecule has 2 aliphatic rings. The molecule has 5 nitrogen and oxygen atoms in total. The van der Waals surface area contributed by atoms with E-state index in [9.17, 15) is 13.2 Å². The highest BCUT2D eigenvalue weighted by atomic mass is 19.3. The number of nitrogens with two attached hydrogens (primary N) is 2. The zero-order valence-corrected chi connectivity index (χ0v) is 16.8. The van der Waals surface area contributed by atoms with Crippen LogP contribution in [-0.4, -0.2) is 38.1 Å². The topological polar surface area (TPSA) is 70.5 Å². The van der Waals surface area contributed by atoms with Gasteiger partial charge in [-0.3, -0.25) is 0 Å². The van der Waals surface area contributed by atoms with Crippen molar-refractivity contribution in [3.63, 3.8) is 0 Å². The molecule has 2 aliphatic heterocycles. The van der Waals surface area contributed by atoms with E-state index >= 15 is 0 Å². The number of hydrogen-bond donors (Lipinski definition) is 3. The Morgan fingerprint density at radius 2 is 1.93 bits per heavy atom. The highest BCUT2D eigenvalue weighted by Gasteiger charge is 2.50. The van der Waals surface area contributed by atoms with Crippen LogP contribution in [0.5, 0.6) is 0 Å². The second-order valence-electron chi connectivity index (χ2n) is 8.35. The molecule has 2 saturated heterocycles. The van der Waals surface area contributed by atoms with E-state index in [1.54, 1.807) is 0 Å². The van der Waals surface area contributed by atoms with Crippen LogP contribution in [0.15, 0.2) is 42.6 Å². The molecule has 2 aromatic carbocycles. The van der Waals surface area contributed by atoms with E-state index in [0.29, 0.717) is 22.4 Å². The van der Waals surface area contributed by atoms with Gasteiger partial charge in [-0.15, -0.1) is 0 Å². The minimum Gasteiger partial charge on any atom is -0.403 e. The summed E-state index contributed by atoms with van der Waals surface area (Å²) in [5.74, 6) is -0.908. The Balaban J connectivity index is 1.48. The lowest BCUT2D eigenvalue weighted by Gasteiger charge is -2.60. The maximum Gasteiger partial charge on any atom is 0.266 e. The zero-order chi connectivity index (χ0) is 21.5. The van der Waals surface area contributed by atoms with E-state index in [4.69, 9.17) is 11.5 Å². The van der Waals surface area contributed by atoms with Gasteiger partial charge in [0.05, 0.1) is 11.3 Å². The molecule has 0 aliphatic carbocycles. The van der Waals surface area contributed by atoms with E-state index in [1.807, 2.05) is 18.2 Å². The van der Waals surface area contributed by atoms with Crippen molar-refractivity contribution in [1.82, 2.24) is 10.2 Å². The first-order valence-electron chi connectivity index (χ1n) is 9.86. The molecular formula is C22H26F3N5. The van der Waals surface area contributed by atoms with Gasteiger partial charge in [0.25, 0.3) is 6.43 Å². The Hall–Kier alpha value is -2.87. The number of hydrogen-bond acceptors (Lipinski definition) is 5. The quantitative estimate of drug-likeness (QED) is 0.630. The number of anilines is 2. The van der Waals surface area contributed by atoms with Crippen LogP contribution in [0.4, 0.5) is 24.5 Å². The zero-order valence-electron chi connectivity index (χ0n) is 16.8. The first kappa shape index (κ1) is 20.4. The van der Waals surface area contributed by atoms with E-state index < -0.39 is 17.8 Å². The number of benzene rings is 2. The standard InChI is InChI=1S/C22H26F3N5/c1-29-10-22(11-29)12-30(13-22)15-5-6-18(27)17(7-15)19(8-26)28-9-14-3-2-4-16(20(14)23)21(24)25/h2-8,21,28H,9-13,26-27H2,1H3/b19-8+. The predicted octanol–water partition coefficient (Wildman–Crippen LogP) is 3.14. The van der Waals surface area contributed by atoms with Crippen molar-refractivity contribution in [2.75, 3.05) is 43.9 Å². The molecule has 30 heavy (non-hydrogen) atoms. The van der Waals surface area contributed by atoms with Gasteiger partial charge in [0.15, 0.2) is 0 Å². The number of nitrogens with one attached hydrogen (secondary N) is 1. The highest BCUT2D eigenvalue weighted by molar-refractivity contribution is 5.77. The van der Waals surface area contributed by atoms with Crippen LogP contribution in [0.2, 0.25) is 0 Å². The molecule has 0 atom stereocenters. The maximum atomic E-state index is 14.3. The monoisotopic (exact) mass is 417 g/mol. The van der Waals surface area contributed by atoms with Gasteiger partial charge in [-0.1, -0.05) is 18.2 Å². The molecule has 5 N–H and O–H groups in total. The van der Waals surface area contributed by atoms with E-state index in [-0.39, 0.29) is 12.1 Å². The highest BCUT2D eigenvalue weighted by Crippen LogP contribution is 2.41. The van der Waals surface area contributed by atoms with Gasteiger partial charge in [0, 0.05) is 66.8 Å². The van der Waals surface area contributed by atoms with Crippen molar-refractivity contribution in [2.24, 2.45) is 11.1 Å². The smallest absolute Gasteiger partial charge is 0.266 e. The van der Waals surface area contributed by atoms with Gasteiger partial charge in [0.1, 0.15) is 5.82 Å². The first-order chi connectivity index (χ1) is 14.3. The predicted molar refractivity (Wildman–Crippen MR) is 113 cm³/mol. The summed E-state index contributed by atoms with van der Waals surface area (Å²) in [5, 5.41) is 3.04.